The van der Waals surface area contributed by atoms with Gasteiger partial charge >= 0.3 is 0 Å². The molecule has 0 aromatic heterocycles. The van der Waals surface area contributed by atoms with Crippen molar-refractivity contribution < 1.29 is 18.3 Å². The summed E-state index contributed by atoms with van der Waals surface area (Å²) < 4.78 is 31.9. The summed E-state index contributed by atoms with van der Waals surface area (Å²) in [6, 6.07) is 1.95. The number of ether oxygens (including phenoxy) is 1. The first kappa shape index (κ1) is 14.3. The normalized spacial score (nSPS) is 30.5. The van der Waals surface area contributed by atoms with Crippen LogP contribution in [0.25, 0.3) is 0 Å². The summed E-state index contributed by atoms with van der Waals surface area (Å²) in [5.74, 6) is -1.97. The standard InChI is InChI=1S/C15H18F2N2O2/c1-21-14-10(16)5-9(6-11(14)17)19-15(20)12-7-2-3-8(4-7)13(12)18/h5-8,12-13H,2-4,18H2,1H3,(H,19,20). The number of anilines is 1. The summed E-state index contributed by atoms with van der Waals surface area (Å²) in [5, 5.41) is 2.58. The van der Waals surface area contributed by atoms with Gasteiger partial charge in [0.25, 0.3) is 0 Å². The van der Waals surface area contributed by atoms with Crippen LogP contribution in [0.5, 0.6) is 5.75 Å². The molecule has 2 fully saturated rings. The molecule has 1 aromatic rings. The largest absolute Gasteiger partial charge is 0.491 e. The fourth-order valence-corrected chi connectivity index (χ4v) is 3.78. The number of benzene rings is 1. The molecule has 1 amide bonds. The zero-order valence-corrected chi connectivity index (χ0v) is 11.7. The number of fused-ring (bicyclic) bond motifs is 2. The number of rotatable bonds is 3. The van der Waals surface area contributed by atoms with Crippen molar-refractivity contribution in [2.75, 3.05) is 12.4 Å². The van der Waals surface area contributed by atoms with Gasteiger partial charge in [-0.15, -0.1) is 0 Å². The van der Waals surface area contributed by atoms with Crippen LogP contribution in [-0.4, -0.2) is 19.1 Å². The second kappa shape index (κ2) is 5.26. The lowest BCUT2D eigenvalue weighted by molar-refractivity contribution is -0.121. The van der Waals surface area contributed by atoms with Gasteiger partial charge in [-0.1, -0.05) is 0 Å². The van der Waals surface area contributed by atoms with Crippen LogP contribution in [0.3, 0.4) is 0 Å². The molecule has 3 rings (SSSR count). The van der Waals surface area contributed by atoms with Crippen molar-refractivity contribution in [3.8, 4) is 5.75 Å². The van der Waals surface area contributed by atoms with Crippen molar-refractivity contribution in [3.63, 3.8) is 0 Å². The maximum Gasteiger partial charge on any atom is 0.229 e. The highest BCUT2D eigenvalue weighted by Crippen LogP contribution is 2.48. The molecule has 3 N–H and O–H groups in total. The monoisotopic (exact) mass is 296 g/mol. The highest BCUT2D eigenvalue weighted by molar-refractivity contribution is 5.93. The molecule has 4 atom stereocenters. The van der Waals surface area contributed by atoms with E-state index in [1.165, 1.54) is 7.11 Å². The van der Waals surface area contributed by atoms with Gasteiger partial charge in [0.2, 0.25) is 5.91 Å². The van der Waals surface area contributed by atoms with Gasteiger partial charge in [-0.05, 0) is 31.1 Å². The van der Waals surface area contributed by atoms with Crippen LogP contribution in [0.2, 0.25) is 0 Å². The van der Waals surface area contributed by atoms with Gasteiger partial charge in [0.1, 0.15) is 0 Å². The molecule has 0 spiro atoms. The first-order valence-electron chi connectivity index (χ1n) is 7.10. The lowest BCUT2D eigenvalue weighted by atomic mass is 9.84. The van der Waals surface area contributed by atoms with E-state index >= 15 is 0 Å². The number of hydrogen-bond donors (Lipinski definition) is 2. The third-order valence-corrected chi connectivity index (χ3v) is 4.75. The van der Waals surface area contributed by atoms with Crippen LogP contribution in [0.15, 0.2) is 12.1 Å². The molecule has 0 aliphatic heterocycles. The fourth-order valence-electron chi connectivity index (χ4n) is 3.78. The van der Waals surface area contributed by atoms with Crippen molar-refractivity contribution in [1.29, 1.82) is 0 Å². The van der Waals surface area contributed by atoms with E-state index in [4.69, 9.17) is 5.73 Å². The Labute approximate surface area is 121 Å². The summed E-state index contributed by atoms with van der Waals surface area (Å²) in [6.07, 6.45) is 3.05. The van der Waals surface area contributed by atoms with E-state index in [1.54, 1.807) is 0 Å². The predicted octanol–water partition coefficient (Wildman–Crippen LogP) is 2.29. The minimum Gasteiger partial charge on any atom is -0.491 e. The molecule has 21 heavy (non-hydrogen) atoms. The third kappa shape index (κ3) is 2.37. The number of methoxy groups -OCH3 is 1. The first-order chi connectivity index (χ1) is 10.0. The van der Waals surface area contributed by atoms with Crippen LogP contribution >= 0.6 is 0 Å². The molecule has 2 aliphatic rings. The van der Waals surface area contributed by atoms with Gasteiger partial charge in [-0.3, -0.25) is 4.79 Å². The Balaban J connectivity index is 1.76. The van der Waals surface area contributed by atoms with Gasteiger partial charge in [0.15, 0.2) is 17.4 Å². The number of carbonyl (C=O) groups is 1. The van der Waals surface area contributed by atoms with Crippen LogP contribution in [-0.2, 0) is 4.79 Å². The molecule has 0 radical (unpaired) electrons. The van der Waals surface area contributed by atoms with E-state index in [0.29, 0.717) is 5.92 Å². The van der Waals surface area contributed by atoms with E-state index in [-0.39, 0.29) is 29.5 Å². The molecule has 4 nitrogen and oxygen atoms in total. The van der Waals surface area contributed by atoms with Crippen molar-refractivity contribution in [1.82, 2.24) is 0 Å². The van der Waals surface area contributed by atoms with Gasteiger partial charge in [-0.2, -0.15) is 0 Å². The molecule has 4 unspecified atom stereocenters. The second-order valence-corrected chi connectivity index (χ2v) is 5.90. The van der Waals surface area contributed by atoms with E-state index < -0.39 is 17.4 Å². The molecular formula is C15H18F2N2O2. The molecule has 2 aliphatic carbocycles. The zero-order valence-electron chi connectivity index (χ0n) is 11.7. The van der Waals surface area contributed by atoms with Crippen molar-refractivity contribution in [3.05, 3.63) is 23.8 Å². The maximum atomic E-state index is 13.6. The summed E-state index contributed by atoms with van der Waals surface area (Å²) in [4.78, 5) is 12.3. The Morgan fingerprint density at radius 3 is 2.43 bits per heavy atom. The minimum atomic E-state index is -0.843. The van der Waals surface area contributed by atoms with Crippen LogP contribution in [0.1, 0.15) is 19.3 Å². The number of nitrogens with one attached hydrogen (secondary N) is 1. The smallest absolute Gasteiger partial charge is 0.229 e. The Kier molecular flexibility index (Phi) is 3.57. The second-order valence-electron chi connectivity index (χ2n) is 5.90. The summed E-state index contributed by atoms with van der Waals surface area (Å²) in [7, 11) is 1.19. The van der Waals surface area contributed by atoms with Crippen LogP contribution < -0.4 is 15.8 Å². The van der Waals surface area contributed by atoms with Crippen molar-refractivity contribution in [2.45, 2.75) is 25.3 Å². The molecule has 0 heterocycles. The van der Waals surface area contributed by atoms with Gasteiger partial charge in [0, 0.05) is 23.9 Å². The molecule has 114 valence electrons. The molecule has 0 saturated heterocycles. The Bertz CT molecular complexity index is 554. The third-order valence-electron chi connectivity index (χ3n) is 4.75. The maximum absolute atomic E-state index is 13.6. The average Bonchev–Trinajstić information content (AvgIpc) is 2.98. The fraction of sp³-hybridized carbons (Fsp3) is 0.533. The van der Waals surface area contributed by atoms with Crippen molar-refractivity contribution in [2.24, 2.45) is 23.5 Å². The van der Waals surface area contributed by atoms with Gasteiger partial charge in [-0.25, -0.2) is 8.78 Å². The SMILES string of the molecule is COc1c(F)cc(NC(=O)C2C3CCC(C3)C2N)cc1F. The zero-order chi connectivity index (χ0) is 15.1. The topological polar surface area (TPSA) is 64.3 Å². The van der Waals surface area contributed by atoms with Crippen LogP contribution in [0, 0.1) is 29.4 Å². The highest BCUT2D eigenvalue weighted by Gasteiger charge is 2.49. The number of nitrogens with two attached hydrogens (primary N) is 1. The predicted molar refractivity (Wildman–Crippen MR) is 73.8 cm³/mol. The molecule has 1 aromatic carbocycles. The first-order valence-corrected chi connectivity index (χ1v) is 7.10. The number of carbonyl (C=O) groups excluding carboxylic acids is 1. The molecule has 2 saturated carbocycles. The van der Waals surface area contributed by atoms with E-state index in [2.05, 4.69) is 10.1 Å². The average molecular weight is 296 g/mol. The molecule has 2 bridgehead atoms. The number of halogens is 2. The summed E-state index contributed by atoms with van der Waals surface area (Å²) in [5.41, 5.74) is 6.18. The quantitative estimate of drug-likeness (QED) is 0.899. The summed E-state index contributed by atoms with van der Waals surface area (Å²) >= 11 is 0. The van der Waals surface area contributed by atoms with Gasteiger partial charge < -0.3 is 15.8 Å². The molecule has 6 heteroatoms. The Morgan fingerprint density at radius 2 is 1.90 bits per heavy atom. The van der Waals surface area contributed by atoms with E-state index in [1.807, 2.05) is 0 Å². The Hall–Kier alpha value is -1.69. The van der Waals surface area contributed by atoms with Gasteiger partial charge in [0.05, 0.1) is 13.0 Å². The minimum absolute atomic E-state index is 0.0887. The van der Waals surface area contributed by atoms with E-state index in [9.17, 15) is 13.6 Å². The highest BCUT2D eigenvalue weighted by atomic mass is 19.1. The lowest BCUT2D eigenvalue weighted by Crippen LogP contribution is -2.42. The van der Waals surface area contributed by atoms with Crippen molar-refractivity contribution >= 4 is 11.6 Å². The lowest BCUT2D eigenvalue weighted by Gasteiger charge is -2.27. The molecular weight excluding hydrogens is 278 g/mol. The summed E-state index contributed by atoms with van der Waals surface area (Å²) in [6.45, 7) is 0. The van der Waals surface area contributed by atoms with E-state index in [0.717, 1.165) is 31.4 Å². The Morgan fingerprint density at radius 1 is 1.29 bits per heavy atom. The number of hydrogen-bond acceptors (Lipinski definition) is 3. The number of amides is 1. The van der Waals surface area contributed by atoms with Crippen LogP contribution in [0.4, 0.5) is 14.5 Å².